The molecule has 9 nitrogen and oxygen atoms in total. The first kappa shape index (κ1) is 18.8. The van der Waals surface area contributed by atoms with Crippen molar-refractivity contribution < 1.29 is 32.2 Å². The smallest absolute Gasteiger partial charge is 0.272 e. The van der Waals surface area contributed by atoms with Gasteiger partial charge in [0.25, 0.3) is 15.9 Å². The summed E-state index contributed by atoms with van der Waals surface area (Å²) in [7, 11) is -2.51. The third-order valence-electron chi connectivity index (χ3n) is 3.58. The highest BCUT2D eigenvalue weighted by atomic mass is 32.2. The molecule has 0 bridgehead atoms. The lowest BCUT2D eigenvalue weighted by atomic mass is 10.3. The van der Waals surface area contributed by atoms with Crippen molar-refractivity contribution >= 4 is 15.9 Å². The largest absolute Gasteiger partial charge is 0.493 e. The lowest BCUT2D eigenvalue weighted by molar-refractivity contribution is -0.123. The van der Waals surface area contributed by atoms with Crippen molar-refractivity contribution in [3.05, 3.63) is 42.5 Å². The summed E-state index contributed by atoms with van der Waals surface area (Å²) >= 11 is 0. The molecule has 0 unspecified atom stereocenters. The van der Waals surface area contributed by atoms with Crippen molar-refractivity contribution in [2.75, 3.05) is 26.9 Å². The van der Waals surface area contributed by atoms with Crippen LogP contribution in [0.3, 0.4) is 0 Å². The van der Waals surface area contributed by atoms with Crippen molar-refractivity contribution in [3.8, 4) is 23.0 Å². The number of carbonyl (C=O) groups excluding carboxylic acids is 1. The van der Waals surface area contributed by atoms with E-state index in [0.29, 0.717) is 36.2 Å². The van der Waals surface area contributed by atoms with Gasteiger partial charge in [-0.3, -0.25) is 10.2 Å². The van der Waals surface area contributed by atoms with E-state index in [1.54, 1.807) is 24.3 Å². The van der Waals surface area contributed by atoms with Crippen LogP contribution in [-0.2, 0) is 14.8 Å². The number of para-hydroxylation sites is 2. The summed E-state index contributed by atoms with van der Waals surface area (Å²) in [5, 5.41) is 0. The van der Waals surface area contributed by atoms with Crippen LogP contribution >= 0.6 is 0 Å². The molecule has 0 atom stereocenters. The summed E-state index contributed by atoms with van der Waals surface area (Å²) in [6.45, 7) is 0.338. The SMILES string of the molecule is COc1ccccc1OCC(=O)NNS(=O)(=O)c1ccc2c(c1)OCCO2. The van der Waals surface area contributed by atoms with Crippen LogP contribution in [0, 0.1) is 0 Å². The van der Waals surface area contributed by atoms with Gasteiger partial charge in [-0.1, -0.05) is 12.1 Å². The van der Waals surface area contributed by atoms with Gasteiger partial charge in [-0.05, 0) is 24.3 Å². The van der Waals surface area contributed by atoms with Crippen LogP contribution < -0.4 is 29.2 Å². The van der Waals surface area contributed by atoms with E-state index < -0.39 is 22.5 Å². The van der Waals surface area contributed by atoms with Crippen LogP contribution in [-0.4, -0.2) is 41.3 Å². The predicted molar refractivity (Wildman–Crippen MR) is 94.4 cm³/mol. The molecular weight excluding hydrogens is 376 g/mol. The van der Waals surface area contributed by atoms with E-state index in [0.717, 1.165) is 0 Å². The molecule has 27 heavy (non-hydrogen) atoms. The molecule has 1 heterocycles. The highest BCUT2D eigenvalue weighted by Crippen LogP contribution is 2.32. The number of carbonyl (C=O) groups is 1. The number of nitrogens with one attached hydrogen (secondary N) is 2. The Morgan fingerprint density at radius 1 is 1.07 bits per heavy atom. The van der Waals surface area contributed by atoms with Gasteiger partial charge in [0.05, 0.1) is 12.0 Å². The molecule has 1 aliphatic heterocycles. The zero-order chi connectivity index (χ0) is 19.3. The maximum atomic E-state index is 12.3. The standard InChI is InChI=1S/C17H18N2O7S/c1-23-13-4-2-3-5-14(13)26-11-17(20)18-19-27(21,22)12-6-7-15-16(10-12)25-9-8-24-15/h2-7,10,19H,8-9,11H2,1H3,(H,18,20). The number of fused-ring (bicyclic) bond motifs is 1. The van der Waals surface area contributed by atoms with Crippen molar-refractivity contribution in [2.24, 2.45) is 0 Å². The lowest BCUT2D eigenvalue weighted by Crippen LogP contribution is -2.43. The zero-order valence-electron chi connectivity index (χ0n) is 14.4. The van der Waals surface area contributed by atoms with Crippen molar-refractivity contribution in [1.29, 1.82) is 0 Å². The first-order valence-corrected chi connectivity index (χ1v) is 9.44. The Morgan fingerprint density at radius 3 is 2.52 bits per heavy atom. The molecule has 2 aromatic rings. The molecular formula is C17H18N2O7S. The van der Waals surface area contributed by atoms with E-state index >= 15 is 0 Å². The molecule has 0 aromatic heterocycles. The Balaban J connectivity index is 1.57. The number of methoxy groups -OCH3 is 1. The average molecular weight is 394 g/mol. The molecule has 0 fully saturated rings. The minimum absolute atomic E-state index is 0.0716. The number of rotatable bonds is 7. The quantitative estimate of drug-likeness (QED) is 0.670. The van der Waals surface area contributed by atoms with E-state index in [2.05, 4.69) is 5.43 Å². The summed E-state index contributed by atoms with van der Waals surface area (Å²) in [6, 6.07) is 11.0. The minimum atomic E-state index is -3.98. The maximum Gasteiger partial charge on any atom is 0.272 e. The van der Waals surface area contributed by atoms with Crippen LogP contribution in [0.4, 0.5) is 0 Å². The highest BCUT2D eigenvalue weighted by molar-refractivity contribution is 7.89. The minimum Gasteiger partial charge on any atom is -0.493 e. The molecule has 1 amide bonds. The number of hydrogen-bond donors (Lipinski definition) is 2. The Morgan fingerprint density at radius 2 is 1.78 bits per heavy atom. The van der Waals surface area contributed by atoms with E-state index in [9.17, 15) is 13.2 Å². The van der Waals surface area contributed by atoms with Gasteiger partial charge < -0.3 is 18.9 Å². The molecule has 0 saturated carbocycles. The van der Waals surface area contributed by atoms with Crippen molar-refractivity contribution in [2.45, 2.75) is 4.90 Å². The van der Waals surface area contributed by atoms with Crippen LogP contribution in [0.1, 0.15) is 0 Å². The maximum absolute atomic E-state index is 12.3. The normalized spacial score (nSPS) is 12.9. The number of ether oxygens (including phenoxy) is 4. The fourth-order valence-corrected chi connectivity index (χ4v) is 3.17. The van der Waals surface area contributed by atoms with Crippen LogP contribution in [0.2, 0.25) is 0 Å². The Kier molecular flexibility index (Phi) is 5.67. The van der Waals surface area contributed by atoms with Crippen molar-refractivity contribution in [3.63, 3.8) is 0 Å². The second-order valence-electron chi connectivity index (χ2n) is 5.40. The molecule has 10 heteroatoms. The molecule has 0 spiro atoms. The third-order valence-corrected chi connectivity index (χ3v) is 4.82. The monoisotopic (exact) mass is 394 g/mol. The molecule has 0 saturated heterocycles. The summed E-state index contributed by atoms with van der Waals surface area (Å²) in [5.74, 6) is 0.943. The first-order valence-electron chi connectivity index (χ1n) is 7.96. The van der Waals surface area contributed by atoms with Crippen LogP contribution in [0.5, 0.6) is 23.0 Å². The van der Waals surface area contributed by atoms with Crippen LogP contribution in [0.15, 0.2) is 47.4 Å². The van der Waals surface area contributed by atoms with Crippen LogP contribution in [0.25, 0.3) is 0 Å². The molecule has 2 N–H and O–H groups in total. The second-order valence-corrected chi connectivity index (χ2v) is 7.08. The molecule has 1 aliphatic rings. The average Bonchev–Trinajstić information content (AvgIpc) is 2.70. The molecule has 3 rings (SSSR count). The molecule has 2 aromatic carbocycles. The second kappa shape index (κ2) is 8.14. The number of benzene rings is 2. The molecule has 0 aliphatic carbocycles. The van der Waals surface area contributed by atoms with Gasteiger partial charge in [0.15, 0.2) is 29.6 Å². The summed E-state index contributed by atoms with van der Waals surface area (Å²) < 4.78 is 45.8. The zero-order valence-corrected chi connectivity index (χ0v) is 15.2. The first-order chi connectivity index (χ1) is 13.0. The Labute approximate surface area is 156 Å². The van der Waals surface area contributed by atoms with Gasteiger partial charge in [0, 0.05) is 6.07 Å². The fourth-order valence-electron chi connectivity index (χ4n) is 2.29. The van der Waals surface area contributed by atoms with Gasteiger partial charge in [-0.2, -0.15) is 0 Å². The number of hydrogen-bond acceptors (Lipinski definition) is 7. The van der Waals surface area contributed by atoms with Gasteiger partial charge in [-0.15, -0.1) is 4.83 Å². The predicted octanol–water partition coefficient (Wildman–Crippen LogP) is 0.855. The molecule has 144 valence electrons. The number of sulfonamides is 1. The van der Waals surface area contributed by atoms with E-state index in [4.69, 9.17) is 18.9 Å². The highest BCUT2D eigenvalue weighted by Gasteiger charge is 2.20. The number of amides is 1. The third kappa shape index (κ3) is 4.60. The van der Waals surface area contributed by atoms with Crippen molar-refractivity contribution in [1.82, 2.24) is 10.3 Å². The fraction of sp³-hybridized carbons (Fsp3) is 0.235. The van der Waals surface area contributed by atoms with Gasteiger partial charge >= 0.3 is 0 Å². The van der Waals surface area contributed by atoms with Gasteiger partial charge in [0.1, 0.15) is 13.2 Å². The van der Waals surface area contributed by atoms with Gasteiger partial charge in [0.2, 0.25) is 0 Å². The summed E-state index contributed by atoms with van der Waals surface area (Å²) in [6.07, 6.45) is 0. The Hall–Kier alpha value is -2.98. The topological polar surface area (TPSA) is 112 Å². The number of hydrazine groups is 1. The van der Waals surface area contributed by atoms with Gasteiger partial charge in [-0.25, -0.2) is 8.42 Å². The van der Waals surface area contributed by atoms with E-state index in [1.807, 2.05) is 4.83 Å². The molecule has 0 radical (unpaired) electrons. The summed E-state index contributed by atoms with van der Waals surface area (Å²) in [4.78, 5) is 13.8. The Bertz CT molecular complexity index is 931. The summed E-state index contributed by atoms with van der Waals surface area (Å²) in [5.41, 5.74) is 2.09. The van der Waals surface area contributed by atoms with E-state index in [-0.39, 0.29) is 4.90 Å². The van der Waals surface area contributed by atoms with E-state index in [1.165, 1.54) is 25.3 Å². The lowest BCUT2D eigenvalue weighted by Gasteiger charge is -2.19.